The van der Waals surface area contributed by atoms with Crippen LogP contribution in [0.15, 0.2) is 30.3 Å². The average molecular weight is 301 g/mol. The molecule has 4 heteroatoms. The number of carbonyl (C=O) groups excluding carboxylic acids is 1. The van der Waals surface area contributed by atoms with Gasteiger partial charge in [0.05, 0.1) is 11.8 Å². The van der Waals surface area contributed by atoms with Crippen molar-refractivity contribution < 1.29 is 14.7 Å². The van der Waals surface area contributed by atoms with E-state index in [2.05, 4.69) is 12.1 Å². The van der Waals surface area contributed by atoms with Crippen LogP contribution in [0.25, 0.3) is 0 Å². The van der Waals surface area contributed by atoms with Gasteiger partial charge in [0.1, 0.15) is 0 Å². The summed E-state index contributed by atoms with van der Waals surface area (Å²) in [5.74, 6) is -1.48. The molecule has 1 saturated heterocycles. The van der Waals surface area contributed by atoms with Crippen LogP contribution in [0.2, 0.25) is 0 Å². The normalized spacial score (nSPS) is 27.5. The zero-order chi connectivity index (χ0) is 15.5. The van der Waals surface area contributed by atoms with Gasteiger partial charge in [0.15, 0.2) is 0 Å². The number of nitrogens with zero attached hydrogens (tertiary/aromatic N) is 1. The molecule has 3 rings (SSSR count). The van der Waals surface area contributed by atoms with Crippen LogP contribution in [-0.4, -0.2) is 34.5 Å². The Balaban J connectivity index is 1.58. The van der Waals surface area contributed by atoms with Crippen molar-refractivity contribution in [1.82, 2.24) is 4.90 Å². The predicted octanol–water partition coefficient (Wildman–Crippen LogP) is 2.72. The van der Waals surface area contributed by atoms with E-state index in [0.29, 0.717) is 6.42 Å². The first-order valence-electron chi connectivity index (χ1n) is 8.24. The molecule has 2 fully saturated rings. The molecule has 1 amide bonds. The maximum atomic E-state index is 12.6. The number of carboxylic acids is 1. The minimum Gasteiger partial charge on any atom is -0.481 e. The van der Waals surface area contributed by atoms with Crippen LogP contribution < -0.4 is 0 Å². The molecule has 0 bridgehead atoms. The summed E-state index contributed by atoms with van der Waals surface area (Å²) in [4.78, 5) is 25.7. The number of carbonyl (C=O) groups is 2. The summed E-state index contributed by atoms with van der Waals surface area (Å²) in [6, 6.07) is 10.6. The quantitative estimate of drug-likeness (QED) is 0.909. The smallest absolute Gasteiger partial charge is 0.307 e. The van der Waals surface area contributed by atoms with E-state index in [9.17, 15) is 9.59 Å². The third-order valence-electron chi connectivity index (χ3n) is 5.18. The average Bonchev–Trinajstić information content (AvgIpc) is 2.93. The van der Waals surface area contributed by atoms with Crippen molar-refractivity contribution in [3.63, 3.8) is 0 Å². The SMILES string of the molecule is O=C(O)C1CCC1C(=O)N1CCCC1CCc1ccccc1. The maximum absolute atomic E-state index is 12.6. The summed E-state index contributed by atoms with van der Waals surface area (Å²) in [6.07, 6.45) is 5.41. The summed E-state index contributed by atoms with van der Waals surface area (Å²) in [6.45, 7) is 0.793. The van der Waals surface area contributed by atoms with Gasteiger partial charge in [-0.25, -0.2) is 0 Å². The molecule has 1 aromatic carbocycles. The fourth-order valence-electron chi connectivity index (χ4n) is 3.71. The summed E-state index contributed by atoms with van der Waals surface area (Å²) >= 11 is 0. The fraction of sp³-hybridized carbons (Fsp3) is 0.556. The number of amides is 1. The molecule has 1 saturated carbocycles. The molecule has 1 aliphatic heterocycles. The topological polar surface area (TPSA) is 57.6 Å². The van der Waals surface area contributed by atoms with Crippen LogP contribution in [0.5, 0.6) is 0 Å². The number of aryl methyl sites for hydroxylation is 1. The number of carboxylic acid groups (broad SMARTS) is 1. The van der Waals surface area contributed by atoms with Crippen molar-refractivity contribution in [1.29, 1.82) is 0 Å². The van der Waals surface area contributed by atoms with Crippen molar-refractivity contribution >= 4 is 11.9 Å². The minimum absolute atomic E-state index is 0.0780. The van der Waals surface area contributed by atoms with Crippen LogP contribution in [0.3, 0.4) is 0 Å². The third kappa shape index (κ3) is 3.01. The Bertz CT molecular complexity index is 543. The van der Waals surface area contributed by atoms with Crippen LogP contribution in [0.4, 0.5) is 0 Å². The first-order chi connectivity index (χ1) is 10.7. The highest BCUT2D eigenvalue weighted by atomic mass is 16.4. The Labute approximate surface area is 131 Å². The zero-order valence-electron chi connectivity index (χ0n) is 12.8. The highest BCUT2D eigenvalue weighted by Gasteiger charge is 2.45. The van der Waals surface area contributed by atoms with E-state index < -0.39 is 11.9 Å². The van der Waals surface area contributed by atoms with Crippen molar-refractivity contribution in [2.45, 2.75) is 44.6 Å². The van der Waals surface area contributed by atoms with Gasteiger partial charge < -0.3 is 10.0 Å². The second-order valence-corrected chi connectivity index (χ2v) is 6.48. The maximum Gasteiger partial charge on any atom is 0.307 e. The van der Waals surface area contributed by atoms with Gasteiger partial charge in [-0.3, -0.25) is 9.59 Å². The van der Waals surface area contributed by atoms with E-state index in [1.165, 1.54) is 5.56 Å². The van der Waals surface area contributed by atoms with E-state index in [1.54, 1.807) is 0 Å². The third-order valence-corrected chi connectivity index (χ3v) is 5.18. The second kappa shape index (κ2) is 6.51. The van der Waals surface area contributed by atoms with E-state index >= 15 is 0 Å². The summed E-state index contributed by atoms with van der Waals surface area (Å²) < 4.78 is 0. The standard InChI is InChI=1S/C18H23NO3/c20-17(15-10-11-16(15)18(21)22)19-12-4-7-14(19)9-8-13-5-2-1-3-6-13/h1-3,5-6,14-16H,4,7-12H2,(H,21,22). The summed E-state index contributed by atoms with van der Waals surface area (Å²) in [7, 11) is 0. The highest BCUT2D eigenvalue weighted by Crippen LogP contribution is 2.37. The first-order valence-corrected chi connectivity index (χ1v) is 8.24. The molecule has 1 aliphatic carbocycles. The summed E-state index contributed by atoms with van der Waals surface area (Å²) in [5.41, 5.74) is 1.30. The van der Waals surface area contributed by atoms with Gasteiger partial charge in [-0.1, -0.05) is 30.3 Å². The first kappa shape index (κ1) is 15.1. The Morgan fingerprint density at radius 1 is 1.09 bits per heavy atom. The lowest BCUT2D eigenvalue weighted by Gasteiger charge is -2.37. The van der Waals surface area contributed by atoms with E-state index in [4.69, 9.17) is 5.11 Å². The lowest BCUT2D eigenvalue weighted by Crippen LogP contribution is -2.47. The van der Waals surface area contributed by atoms with E-state index in [-0.39, 0.29) is 17.9 Å². The van der Waals surface area contributed by atoms with Crippen molar-refractivity contribution in [3.05, 3.63) is 35.9 Å². The van der Waals surface area contributed by atoms with Crippen LogP contribution in [0, 0.1) is 11.8 Å². The number of benzene rings is 1. The Hall–Kier alpha value is -1.84. The van der Waals surface area contributed by atoms with Crippen molar-refractivity contribution in [3.8, 4) is 0 Å². The minimum atomic E-state index is -0.815. The molecule has 1 heterocycles. The molecule has 118 valence electrons. The molecule has 3 atom stereocenters. The molecule has 3 unspecified atom stereocenters. The molecule has 2 aliphatic rings. The Kier molecular flexibility index (Phi) is 4.46. The molecular formula is C18H23NO3. The highest BCUT2D eigenvalue weighted by molar-refractivity contribution is 5.86. The van der Waals surface area contributed by atoms with E-state index in [0.717, 1.165) is 38.6 Å². The molecule has 22 heavy (non-hydrogen) atoms. The van der Waals surface area contributed by atoms with Crippen LogP contribution in [-0.2, 0) is 16.0 Å². The zero-order valence-corrected chi connectivity index (χ0v) is 12.8. The molecule has 1 aromatic rings. The summed E-state index contributed by atoms with van der Waals surface area (Å²) in [5, 5.41) is 9.14. The molecule has 0 spiro atoms. The van der Waals surface area contributed by atoms with Gasteiger partial charge in [0, 0.05) is 12.6 Å². The van der Waals surface area contributed by atoms with E-state index in [1.807, 2.05) is 23.1 Å². The second-order valence-electron chi connectivity index (χ2n) is 6.48. The predicted molar refractivity (Wildman–Crippen MR) is 83.3 cm³/mol. The number of hydrogen-bond donors (Lipinski definition) is 1. The van der Waals surface area contributed by atoms with Crippen LogP contribution >= 0.6 is 0 Å². The number of hydrogen-bond acceptors (Lipinski definition) is 2. The number of likely N-dealkylation sites (tertiary alicyclic amines) is 1. The van der Waals surface area contributed by atoms with Gasteiger partial charge >= 0.3 is 5.97 Å². The number of rotatable bonds is 5. The van der Waals surface area contributed by atoms with Gasteiger partial charge in [0.25, 0.3) is 0 Å². The molecule has 1 N–H and O–H groups in total. The molecule has 0 aromatic heterocycles. The van der Waals surface area contributed by atoms with Crippen molar-refractivity contribution in [2.75, 3.05) is 6.54 Å². The molecular weight excluding hydrogens is 278 g/mol. The van der Waals surface area contributed by atoms with Crippen LogP contribution in [0.1, 0.15) is 37.7 Å². The lowest BCUT2D eigenvalue weighted by atomic mass is 9.73. The largest absolute Gasteiger partial charge is 0.481 e. The Morgan fingerprint density at radius 3 is 2.45 bits per heavy atom. The van der Waals surface area contributed by atoms with Crippen molar-refractivity contribution in [2.24, 2.45) is 11.8 Å². The van der Waals surface area contributed by atoms with Gasteiger partial charge in [-0.15, -0.1) is 0 Å². The number of aliphatic carboxylic acids is 1. The Morgan fingerprint density at radius 2 is 1.82 bits per heavy atom. The fourth-order valence-corrected chi connectivity index (χ4v) is 3.71. The molecule has 4 nitrogen and oxygen atoms in total. The van der Waals surface area contributed by atoms with Gasteiger partial charge in [-0.2, -0.15) is 0 Å². The lowest BCUT2D eigenvalue weighted by molar-refractivity contribution is -0.157. The monoisotopic (exact) mass is 301 g/mol. The van der Waals surface area contributed by atoms with Gasteiger partial charge in [0.2, 0.25) is 5.91 Å². The molecule has 0 radical (unpaired) electrons. The van der Waals surface area contributed by atoms with Gasteiger partial charge in [-0.05, 0) is 44.1 Å².